The molecule has 0 aliphatic heterocycles. The average Bonchev–Trinajstić information content (AvgIpc) is 2.24. The van der Waals surface area contributed by atoms with Crippen molar-refractivity contribution in [3.8, 4) is 0 Å². The number of amides is 1. The maximum Gasteiger partial charge on any atom is 0.323 e. The van der Waals surface area contributed by atoms with Crippen molar-refractivity contribution in [2.24, 2.45) is 0 Å². The molecule has 0 bridgehead atoms. The topological polar surface area (TPSA) is 94.5 Å². The van der Waals surface area contributed by atoms with Crippen LogP contribution in [0.15, 0.2) is 0 Å². The summed E-state index contributed by atoms with van der Waals surface area (Å²) in [6.07, 6.45) is 0. The van der Waals surface area contributed by atoms with Gasteiger partial charge in [0.1, 0.15) is 6.54 Å². The fourth-order valence-electron chi connectivity index (χ4n) is 0.887. The van der Waals surface area contributed by atoms with Gasteiger partial charge in [-0.25, -0.2) is 19.6 Å². The number of carbonyl (C=O) groups is 2. The Morgan fingerprint density at radius 1 is 1.19 bits per heavy atom. The Bertz CT molecular complexity index is 220. The third-order valence-electron chi connectivity index (χ3n) is 1.54. The zero-order chi connectivity index (χ0) is 12.4. The minimum absolute atomic E-state index is 0.0719. The molecule has 0 saturated heterocycles. The van der Waals surface area contributed by atoms with Crippen LogP contribution in [0, 0.1) is 0 Å². The molecule has 0 aromatic carbocycles. The van der Waals surface area contributed by atoms with E-state index in [-0.39, 0.29) is 19.8 Å². The average molecular weight is 237 g/mol. The fourth-order valence-corrected chi connectivity index (χ4v) is 0.887. The standard InChI is InChI=1S/C8H15NO7/c1-13-15-4-3-9(5-8(11)12)7(10)6-16-14-2/h3-6H2,1-2H3,(H,11,12). The molecule has 8 nitrogen and oxygen atoms in total. The van der Waals surface area contributed by atoms with Crippen molar-refractivity contribution in [1.29, 1.82) is 0 Å². The fraction of sp³-hybridized carbons (Fsp3) is 0.750. The first-order valence-corrected chi connectivity index (χ1v) is 4.42. The summed E-state index contributed by atoms with van der Waals surface area (Å²) in [5.41, 5.74) is 0. The van der Waals surface area contributed by atoms with Gasteiger partial charge in [0.05, 0.1) is 20.8 Å². The van der Waals surface area contributed by atoms with E-state index in [9.17, 15) is 9.59 Å². The third-order valence-corrected chi connectivity index (χ3v) is 1.54. The molecule has 0 aromatic heterocycles. The monoisotopic (exact) mass is 237 g/mol. The molecule has 0 aliphatic carbocycles. The van der Waals surface area contributed by atoms with Gasteiger partial charge in [-0.05, 0) is 0 Å². The van der Waals surface area contributed by atoms with Crippen LogP contribution in [0.4, 0.5) is 0 Å². The van der Waals surface area contributed by atoms with Gasteiger partial charge in [-0.3, -0.25) is 9.59 Å². The van der Waals surface area contributed by atoms with Gasteiger partial charge in [-0.2, -0.15) is 0 Å². The smallest absolute Gasteiger partial charge is 0.323 e. The van der Waals surface area contributed by atoms with Crippen LogP contribution in [0.5, 0.6) is 0 Å². The Morgan fingerprint density at radius 3 is 2.31 bits per heavy atom. The Kier molecular flexibility index (Phi) is 8.35. The molecule has 0 atom stereocenters. The molecule has 94 valence electrons. The van der Waals surface area contributed by atoms with E-state index in [4.69, 9.17) is 5.11 Å². The van der Waals surface area contributed by atoms with E-state index in [2.05, 4.69) is 19.6 Å². The molecule has 0 unspecified atom stereocenters. The van der Waals surface area contributed by atoms with E-state index < -0.39 is 18.4 Å². The van der Waals surface area contributed by atoms with Crippen LogP contribution in [-0.2, 0) is 29.1 Å². The molecule has 1 N–H and O–H groups in total. The molecule has 1 amide bonds. The van der Waals surface area contributed by atoms with Crippen molar-refractivity contribution in [1.82, 2.24) is 4.90 Å². The van der Waals surface area contributed by atoms with Crippen molar-refractivity contribution >= 4 is 11.9 Å². The maximum atomic E-state index is 11.4. The van der Waals surface area contributed by atoms with Crippen LogP contribution in [0.3, 0.4) is 0 Å². The second kappa shape index (κ2) is 9.04. The van der Waals surface area contributed by atoms with Gasteiger partial charge >= 0.3 is 5.97 Å². The Hall–Kier alpha value is -1.22. The Morgan fingerprint density at radius 2 is 1.81 bits per heavy atom. The van der Waals surface area contributed by atoms with Gasteiger partial charge in [0.25, 0.3) is 5.91 Å². The molecule has 0 aliphatic rings. The summed E-state index contributed by atoms with van der Waals surface area (Å²) in [7, 11) is 2.57. The number of aliphatic carboxylic acids is 1. The summed E-state index contributed by atoms with van der Waals surface area (Å²) >= 11 is 0. The van der Waals surface area contributed by atoms with Gasteiger partial charge in [0.15, 0.2) is 6.61 Å². The van der Waals surface area contributed by atoms with Crippen LogP contribution in [0.2, 0.25) is 0 Å². The van der Waals surface area contributed by atoms with Gasteiger partial charge in [-0.1, -0.05) is 0 Å². The zero-order valence-electron chi connectivity index (χ0n) is 9.17. The molecule has 16 heavy (non-hydrogen) atoms. The van der Waals surface area contributed by atoms with Crippen molar-refractivity contribution in [2.45, 2.75) is 0 Å². The van der Waals surface area contributed by atoms with E-state index in [1.165, 1.54) is 14.2 Å². The Balaban J connectivity index is 4.06. The third kappa shape index (κ3) is 7.12. The first-order valence-electron chi connectivity index (χ1n) is 4.42. The van der Waals surface area contributed by atoms with Gasteiger partial charge in [0, 0.05) is 6.54 Å². The number of rotatable bonds is 9. The molecule has 8 heteroatoms. The lowest BCUT2D eigenvalue weighted by Gasteiger charge is -2.19. The predicted octanol–water partition coefficient (Wildman–Crippen LogP) is -0.944. The number of carboxylic acid groups (broad SMARTS) is 1. The second-order valence-corrected chi connectivity index (χ2v) is 2.63. The van der Waals surface area contributed by atoms with Crippen molar-refractivity contribution in [3.63, 3.8) is 0 Å². The van der Waals surface area contributed by atoms with Gasteiger partial charge in [0.2, 0.25) is 0 Å². The summed E-state index contributed by atoms with van der Waals surface area (Å²) in [4.78, 5) is 40.4. The van der Waals surface area contributed by atoms with E-state index in [1.807, 2.05) is 0 Å². The first kappa shape index (κ1) is 14.8. The SMILES string of the molecule is COOCCN(CC(=O)O)C(=O)COOC. The van der Waals surface area contributed by atoms with E-state index in [0.29, 0.717) is 0 Å². The minimum atomic E-state index is -1.12. The van der Waals surface area contributed by atoms with Crippen molar-refractivity contribution < 1.29 is 34.2 Å². The lowest BCUT2D eigenvalue weighted by molar-refractivity contribution is -0.276. The lowest BCUT2D eigenvalue weighted by Crippen LogP contribution is -2.40. The van der Waals surface area contributed by atoms with E-state index in [1.54, 1.807) is 0 Å². The largest absolute Gasteiger partial charge is 0.480 e. The number of hydrogen-bond acceptors (Lipinski definition) is 6. The summed E-state index contributed by atoms with van der Waals surface area (Å²) < 4.78 is 0. The molecular formula is C8H15NO7. The summed E-state index contributed by atoms with van der Waals surface area (Å²) in [5, 5.41) is 8.58. The molecule has 0 saturated carbocycles. The second-order valence-electron chi connectivity index (χ2n) is 2.63. The Labute approximate surface area is 92.5 Å². The predicted molar refractivity (Wildman–Crippen MR) is 50.1 cm³/mol. The van der Waals surface area contributed by atoms with Crippen LogP contribution in [0.25, 0.3) is 0 Å². The minimum Gasteiger partial charge on any atom is -0.480 e. The molecular weight excluding hydrogens is 222 g/mol. The molecule has 0 fully saturated rings. The van der Waals surface area contributed by atoms with E-state index >= 15 is 0 Å². The molecule has 0 radical (unpaired) electrons. The highest BCUT2D eigenvalue weighted by Gasteiger charge is 2.16. The maximum absolute atomic E-state index is 11.4. The highest BCUT2D eigenvalue weighted by molar-refractivity contribution is 5.82. The van der Waals surface area contributed by atoms with Crippen LogP contribution < -0.4 is 0 Å². The highest BCUT2D eigenvalue weighted by Crippen LogP contribution is 1.92. The zero-order valence-corrected chi connectivity index (χ0v) is 9.17. The molecule has 0 aromatic rings. The van der Waals surface area contributed by atoms with E-state index in [0.717, 1.165) is 4.90 Å². The van der Waals surface area contributed by atoms with Crippen LogP contribution in [-0.4, -0.2) is 62.4 Å². The van der Waals surface area contributed by atoms with Gasteiger partial charge in [-0.15, -0.1) is 0 Å². The number of nitrogens with zero attached hydrogens (tertiary/aromatic N) is 1. The lowest BCUT2D eigenvalue weighted by atomic mass is 10.4. The normalized spacial score (nSPS) is 10.1. The molecule has 0 heterocycles. The van der Waals surface area contributed by atoms with Crippen LogP contribution in [0.1, 0.15) is 0 Å². The highest BCUT2D eigenvalue weighted by atomic mass is 17.2. The number of hydrogen-bond donors (Lipinski definition) is 1. The van der Waals surface area contributed by atoms with Crippen molar-refractivity contribution in [3.05, 3.63) is 0 Å². The first-order chi connectivity index (χ1) is 7.61. The van der Waals surface area contributed by atoms with Crippen LogP contribution >= 0.6 is 0 Å². The number of carbonyl (C=O) groups excluding carboxylic acids is 1. The molecule has 0 rings (SSSR count). The summed E-state index contributed by atoms with van der Waals surface area (Å²) in [6, 6.07) is 0. The quantitative estimate of drug-likeness (QED) is 0.314. The molecule has 0 spiro atoms. The summed E-state index contributed by atoms with van der Waals surface area (Å²) in [5.74, 6) is -1.63. The van der Waals surface area contributed by atoms with Crippen molar-refractivity contribution in [2.75, 3.05) is 40.5 Å². The van der Waals surface area contributed by atoms with Gasteiger partial charge < -0.3 is 10.0 Å². The number of carboxylic acids is 1. The summed E-state index contributed by atoms with van der Waals surface area (Å²) in [6.45, 7) is -0.621.